The topological polar surface area (TPSA) is 0 Å². The van der Waals surface area contributed by atoms with Crippen LogP contribution in [0.4, 0.5) is 0 Å². The number of hydrogen-bond acceptors (Lipinski definition) is 1. The highest BCUT2D eigenvalue weighted by molar-refractivity contribution is 9.10. The summed E-state index contributed by atoms with van der Waals surface area (Å²) < 4.78 is 0.789. The summed E-state index contributed by atoms with van der Waals surface area (Å²) in [5.41, 5.74) is 0. The lowest BCUT2D eigenvalue weighted by Gasteiger charge is -1.99. The molecule has 0 amide bonds. The summed E-state index contributed by atoms with van der Waals surface area (Å²) in [6, 6.07) is 3.58. The van der Waals surface area contributed by atoms with Gasteiger partial charge in [0.05, 0.1) is 10.0 Å². The Hall–Kier alpha value is 0.630. The third-order valence-corrected chi connectivity index (χ3v) is 3.29. The van der Waals surface area contributed by atoms with Gasteiger partial charge in [-0.1, -0.05) is 23.2 Å². The lowest BCUT2D eigenvalue weighted by Crippen LogP contribution is -1.73. The summed E-state index contributed by atoms with van der Waals surface area (Å²) in [6.07, 6.45) is 0. The van der Waals surface area contributed by atoms with Crippen LogP contribution in [0.25, 0.3) is 0 Å². The van der Waals surface area contributed by atoms with E-state index in [1.54, 1.807) is 12.1 Å². The van der Waals surface area contributed by atoms with Gasteiger partial charge in [0.15, 0.2) is 0 Å². The van der Waals surface area contributed by atoms with Crippen molar-refractivity contribution in [3.63, 3.8) is 0 Å². The van der Waals surface area contributed by atoms with E-state index in [1.807, 2.05) is 0 Å². The maximum absolute atomic E-state index is 5.76. The van der Waals surface area contributed by atoms with Crippen LogP contribution in [0.5, 0.6) is 0 Å². The van der Waals surface area contributed by atoms with Crippen LogP contribution in [-0.2, 0) is 0 Å². The predicted octanol–water partition coefficient (Wildman–Crippen LogP) is 4.04. The first-order valence-corrected chi connectivity index (χ1v) is 4.45. The highest BCUT2D eigenvalue weighted by Crippen LogP contribution is 2.34. The SMILES string of the molecule is Sc1ccc(Br)c(Cl)c1Cl. The molecule has 0 aliphatic carbocycles. The predicted molar refractivity (Wildman–Crippen MR) is 51.4 cm³/mol. The zero-order chi connectivity index (χ0) is 7.72. The van der Waals surface area contributed by atoms with Crippen LogP contribution in [0, 0.1) is 0 Å². The molecular formula is C6H3BrCl2S. The Labute approximate surface area is 83.1 Å². The zero-order valence-corrected chi connectivity index (χ0v) is 8.73. The number of hydrogen-bond donors (Lipinski definition) is 1. The van der Waals surface area contributed by atoms with Gasteiger partial charge in [-0.05, 0) is 28.1 Å². The normalized spacial score (nSPS) is 10.0. The molecule has 0 fully saturated rings. The van der Waals surface area contributed by atoms with Gasteiger partial charge in [-0.2, -0.15) is 0 Å². The Morgan fingerprint density at radius 1 is 1.20 bits per heavy atom. The molecule has 0 nitrogen and oxygen atoms in total. The molecule has 54 valence electrons. The monoisotopic (exact) mass is 256 g/mol. The van der Waals surface area contributed by atoms with Crippen LogP contribution in [0.3, 0.4) is 0 Å². The minimum atomic E-state index is 0.486. The van der Waals surface area contributed by atoms with Gasteiger partial charge in [-0.3, -0.25) is 0 Å². The van der Waals surface area contributed by atoms with Crippen LogP contribution in [0.15, 0.2) is 21.5 Å². The van der Waals surface area contributed by atoms with E-state index in [4.69, 9.17) is 23.2 Å². The van der Waals surface area contributed by atoms with Crippen molar-refractivity contribution in [2.24, 2.45) is 0 Å². The maximum Gasteiger partial charge on any atom is 0.0745 e. The van der Waals surface area contributed by atoms with Gasteiger partial charge in [-0.15, -0.1) is 12.6 Å². The quantitative estimate of drug-likeness (QED) is 0.526. The number of halogens is 3. The van der Waals surface area contributed by atoms with Gasteiger partial charge >= 0.3 is 0 Å². The molecule has 0 radical (unpaired) electrons. The average Bonchev–Trinajstić information content (AvgIpc) is 1.93. The standard InChI is InChI=1S/C6H3BrCl2S/c7-3-1-2-4(10)6(9)5(3)8/h1-2,10H. The molecule has 0 spiro atoms. The Morgan fingerprint density at radius 2 is 1.80 bits per heavy atom. The van der Waals surface area contributed by atoms with Crippen molar-refractivity contribution < 1.29 is 0 Å². The fourth-order valence-corrected chi connectivity index (χ4v) is 1.54. The highest BCUT2D eigenvalue weighted by Gasteiger charge is 2.04. The van der Waals surface area contributed by atoms with Gasteiger partial charge < -0.3 is 0 Å². The molecule has 0 aromatic heterocycles. The minimum absolute atomic E-state index is 0.486. The van der Waals surface area contributed by atoms with Crippen LogP contribution < -0.4 is 0 Å². The minimum Gasteiger partial charge on any atom is -0.142 e. The van der Waals surface area contributed by atoms with Crippen molar-refractivity contribution in [1.82, 2.24) is 0 Å². The van der Waals surface area contributed by atoms with E-state index in [0.717, 1.165) is 4.47 Å². The van der Waals surface area contributed by atoms with E-state index in [2.05, 4.69) is 28.6 Å². The van der Waals surface area contributed by atoms with E-state index < -0.39 is 0 Å². The molecule has 0 saturated heterocycles. The molecule has 10 heavy (non-hydrogen) atoms. The zero-order valence-electron chi connectivity index (χ0n) is 4.74. The van der Waals surface area contributed by atoms with Gasteiger partial charge in [0.2, 0.25) is 0 Å². The van der Waals surface area contributed by atoms with Crippen LogP contribution in [0.2, 0.25) is 10.0 Å². The summed E-state index contributed by atoms with van der Waals surface area (Å²) in [4.78, 5) is 0.690. The van der Waals surface area contributed by atoms with Crippen LogP contribution in [-0.4, -0.2) is 0 Å². The molecule has 1 rings (SSSR count). The second-order valence-electron chi connectivity index (χ2n) is 1.69. The number of thiol groups is 1. The lowest BCUT2D eigenvalue weighted by molar-refractivity contribution is 1.45. The smallest absolute Gasteiger partial charge is 0.0745 e. The third kappa shape index (κ3) is 1.62. The molecule has 0 aliphatic heterocycles. The molecule has 0 heterocycles. The summed E-state index contributed by atoms with van der Waals surface area (Å²) in [6.45, 7) is 0. The van der Waals surface area contributed by atoms with Crippen molar-refractivity contribution in [2.45, 2.75) is 4.90 Å². The summed E-state index contributed by atoms with van der Waals surface area (Å²) in [5.74, 6) is 0. The second-order valence-corrected chi connectivity index (χ2v) is 3.79. The van der Waals surface area contributed by atoms with E-state index >= 15 is 0 Å². The third-order valence-electron chi connectivity index (χ3n) is 1.01. The van der Waals surface area contributed by atoms with Gasteiger partial charge in [0.1, 0.15) is 0 Å². The largest absolute Gasteiger partial charge is 0.142 e. The molecule has 0 bridgehead atoms. The van der Waals surface area contributed by atoms with Crippen molar-refractivity contribution >= 4 is 51.8 Å². The Bertz CT molecular complexity index is 235. The van der Waals surface area contributed by atoms with Crippen molar-refractivity contribution in [3.05, 3.63) is 26.7 Å². The van der Waals surface area contributed by atoms with Crippen molar-refractivity contribution in [1.29, 1.82) is 0 Å². The van der Waals surface area contributed by atoms with Gasteiger partial charge in [0.25, 0.3) is 0 Å². The molecule has 0 atom stereocenters. The summed E-state index contributed by atoms with van der Waals surface area (Å²) in [7, 11) is 0. The van der Waals surface area contributed by atoms with Gasteiger partial charge in [0, 0.05) is 9.37 Å². The molecule has 0 saturated carbocycles. The summed E-state index contributed by atoms with van der Waals surface area (Å²) in [5, 5.41) is 0.994. The van der Waals surface area contributed by atoms with Gasteiger partial charge in [-0.25, -0.2) is 0 Å². The molecule has 1 aromatic rings. The fourth-order valence-electron chi connectivity index (χ4n) is 0.516. The molecule has 0 aliphatic rings. The van der Waals surface area contributed by atoms with E-state index in [-0.39, 0.29) is 0 Å². The Morgan fingerprint density at radius 3 is 2.30 bits per heavy atom. The molecule has 0 unspecified atom stereocenters. The van der Waals surface area contributed by atoms with E-state index in [1.165, 1.54) is 0 Å². The Kier molecular flexibility index (Phi) is 2.92. The fraction of sp³-hybridized carbons (Fsp3) is 0. The van der Waals surface area contributed by atoms with Crippen LogP contribution >= 0.6 is 51.8 Å². The second kappa shape index (κ2) is 3.35. The van der Waals surface area contributed by atoms with E-state index in [0.29, 0.717) is 14.9 Å². The molecular weight excluding hydrogens is 255 g/mol. The first-order valence-electron chi connectivity index (χ1n) is 2.45. The maximum atomic E-state index is 5.76. The molecule has 0 N–H and O–H groups in total. The number of rotatable bonds is 0. The summed E-state index contributed by atoms with van der Waals surface area (Å²) >= 11 is 18.8. The highest BCUT2D eigenvalue weighted by atomic mass is 79.9. The first kappa shape index (κ1) is 8.72. The Balaban J connectivity index is 3.34. The van der Waals surface area contributed by atoms with Crippen molar-refractivity contribution in [3.8, 4) is 0 Å². The number of benzene rings is 1. The lowest BCUT2D eigenvalue weighted by atomic mass is 10.4. The molecule has 4 heteroatoms. The van der Waals surface area contributed by atoms with E-state index in [9.17, 15) is 0 Å². The van der Waals surface area contributed by atoms with Crippen LogP contribution in [0.1, 0.15) is 0 Å². The first-order chi connectivity index (χ1) is 4.63. The van der Waals surface area contributed by atoms with Crippen molar-refractivity contribution in [2.75, 3.05) is 0 Å². The molecule has 1 aromatic carbocycles. The average molecular weight is 258 g/mol.